The fourth-order valence-electron chi connectivity index (χ4n) is 2.11. The van der Waals surface area contributed by atoms with Crippen molar-refractivity contribution in [3.8, 4) is 11.5 Å². The predicted molar refractivity (Wildman–Crippen MR) is 86.6 cm³/mol. The Morgan fingerprint density at radius 3 is 2.59 bits per heavy atom. The standard InChI is InChI=1S/C16H20N2O3S/c1-11-17-13(10-22-11)9-18(2)16(19)8-12-5-6-14(20-3)15(7-12)21-4/h5-7,10H,8-9H2,1-4H3. The zero-order chi connectivity index (χ0) is 16.1. The largest absolute Gasteiger partial charge is 0.493 e. The van der Waals surface area contributed by atoms with Gasteiger partial charge in [-0.3, -0.25) is 4.79 Å². The zero-order valence-corrected chi connectivity index (χ0v) is 14.1. The Bertz CT molecular complexity index is 655. The van der Waals surface area contributed by atoms with E-state index in [1.807, 2.05) is 30.5 Å². The van der Waals surface area contributed by atoms with E-state index in [1.165, 1.54) is 0 Å². The zero-order valence-electron chi connectivity index (χ0n) is 13.3. The molecule has 0 spiro atoms. The van der Waals surface area contributed by atoms with Crippen LogP contribution < -0.4 is 9.47 Å². The maximum absolute atomic E-state index is 12.3. The van der Waals surface area contributed by atoms with Crippen LogP contribution in [0.5, 0.6) is 11.5 Å². The number of benzene rings is 1. The van der Waals surface area contributed by atoms with Crippen LogP contribution in [0.2, 0.25) is 0 Å². The van der Waals surface area contributed by atoms with Gasteiger partial charge in [0, 0.05) is 12.4 Å². The number of rotatable bonds is 6. The average Bonchev–Trinajstić information content (AvgIpc) is 2.92. The lowest BCUT2D eigenvalue weighted by atomic mass is 10.1. The fourth-order valence-corrected chi connectivity index (χ4v) is 2.72. The third-order valence-corrected chi connectivity index (χ3v) is 4.12. The summed E-state index contributed by atoms with van der Waals surface area (Å²) in [6.45, 7) is 2.48. The van der Waals surface area contributed by atoms with Gasteiger partial charge >= 0.3 is 0 Å². The van der Waals surface area contributed by atoms with Crippen molar-refractivity contribution in [3.05, 3.63) is 39.8 Å². The Hall–Kier alpha value is -2.08. The highest BCUT2D eigenvalue weighted by Crippen LogP contribution is 2.27. The number of likely N-dealkylation sites (N-methyl/N-ethyl adjacent to an activating group) is 1. The number of thiazole rings is 1. The summed E-state index contributed by atoms with van der Waals surface area (Å²) in [5.41, 5.74) is 1.81. The topological polar surface area (TPSA) is 51.7 Å². The Morgan fingerprint density at radius 1 is 1.27 bits per heavy atom. The number of amides is 1. The van der Waals surface area contributed by atoms with Crippen LogP contribution in [0.25, 0.3) is 0 Å². The molecule has 0 bridgehead atoms. The molecule has 0 fully saturated rings. The lowest BCUT2D eigenvalue weighted by Gasteiger charge is -2.16. The SMILES string of the molecule is COc1ccc(CC(=O)N(C)Cc2csc(C)n2)cc1OC. The van der Waals surface area contributed by atoms with Gasteiger partial charge in [0.2, 0.25) is 5.91 Å². The van der Waals surface area contributed by atoms with Crippen LogP contribution >= 0.6 is 11.3 Å². The van der Waals surface area contributed by atoms with Crippen LogP contribution in [0.3, 0.4) is 0 Å². The summed E-state index contributed by atoms with van der Waals surface area (Å²) in [6, 6.07) is 5.52. The molecule has 2 aromatic rings. The molecule has 5 nitrogen and oxygen atoms in total. The molecule has 1 heterocycles. The molecule has 6 heteroatoms. The van der Waals surface area contributed by atoms with Gasteiger partial charge in [0.1, 0.15) is 0 Å². The van der Waals surface area contributed by atoms with Gasteiger partial charge in [0.25, 0.3) is 0 Å². The summed E-state index contributed by atoms with van der Waals surface area (Å²) in [7, 11) is 4.96. The molecule has 2 rings (SSSR count). The van der Waals surface area contributed by atoms with E-state index < -0.39 is 0 Å². The van der Waals surface area contributed by atoms with Gasteiger partial charge in [0.15, 0.2) is 11.5 Å². The lowest BCUT2D eigenvalue weighted by Crippen LogP contribution is -2.27. The van der Waals surface area contributed by atoms with Crippen LogP contribution in [0.15, 0.2) is 23.6 Å². The molecule has 22 heavy (non-hydrogen) atoms. The molecule has 0 unspecified atom stereocenters. The lowest BCUT2D eigenvalue weighted by molar-refractivity contribution is -0.129. The van der Waals surface area contributed by atoms with Crippen molar-refractivity contribution < 1.29 is 14.3 Å². The highest BCUT2D eigenvalue weighted by atomic mass is 32.1. The first-order valence-corrected chi connectivity index (χ1v) is 7.77. The molecule has 0 radical (unpaired) electrons. The van der Waals surface area contributed by atoms with Crippen LogP contribution in [-0.4, -0.2) is 37.1 Å². The number of carbonyl (C=O) groups excluding carboxylic acids is 1. The third-order valence-electron chi connectivity index (χ3n) is 3.29. The first-order chi connectivity index (χ1) is 10.5. The molecule has 118 valence electrons. The van der Waals surface area contributed by atoms with E-state index in [0.29, 0.717) is 24.5 Å². The summed E-state index contributed by atoms with van der Waals surface area (Å²) in [4.78, 5) is 18.4. The number of carbonyl (C=O) groups is 1. The van der Waals surface area contributed by atoms with Gasteiger partial charge in [-0.05, 0) is 24.6 Å². The van der Waals surface area contributed by atoms with E-state index in [1.54, 1.807) is 37.5 Å². The van der Waals surface area contributed by atoms with Gasteiger partial charge in [-0.1, -0.05) is 6.07 Å². The van der Waals surface area contributed by atoms with E-state index in [4.69, 9.17) is 9.47 Å². The number of aromatic nitrogens is 1. The number of hydrogen-bond donors (Lipinski definition) is 0. The maximum atomic E-state index is 12.3. The Kier molecular flexibility index (Phi) is 5.38. The molecule has 0 aliphatic rings. The van der Waals surface area contributed by atoms with Crippen LogP contribution in [-0.2, 0) is 17.8 Å². The number of nitrogens with zero attached hydrogens (tertiary/aromatic N) is 2. The van der Waals surface area contributed by atoms with Crippen molar-refractivity contribution in [3.63, 3.8) is 0 Å². The number of methoxy groups -OCH3 is 2. The highest BCUT2D eigenvalue weighted by molar-refractivity contribution is 7.09. The molecular weight excluding hydrogens is 300 g/mol. The molecule has 0 N–H and O–H groups in total. The Balaban J connectivity index is 2.01. The quantitative estimate of drug-likeness (QED) is 0.821. The number of aryl methyl sites for hydroxylation is 1. The second-order valence-electron chi connectivity index (χ2n) is 4.97. The number of hydrogen-bond acceptors (Lipinski definition) is 5. The molecule has 0 aliphatic carbocycles. The molecule has 1 aromatic carbocycles. The Labute approximate surface area is 134 Å². The van der Waals surface area contributed by atoms with Crippen LogP contribution in [0, 0.1) is 6.92 Å². The van der Waals surface area contributed by atoms with Crippen molar-refractivity contribution in [2.45, 2.75) is 19.9 Å². The minimum atomic E-state index is 0.0397. The van der Waals surface area contributed by atoms with Gasteiger partial charge in [-0.25, -0.2) is 4.98 Å². The summed E-state index contributed by atoms with van der Waals surface area (Å²) in [5, 5.41) is 2.99. The Morgan fingerprint density at radius 2 is 2.00 bits per heavy atom. The molecule has 1 aromatic heterocycles. The maximum Gasteiger partial charge on any atom is 0.227 e. The van der Waals surface area contributed by atoms with Gasteiger partial charge in [-0.15, -0.1) is 11.3 Å². The van der Waals surface area contributed by atoms with Gasteiger partial charge in [0.05, 0.1) is 37.9 Å². The molecule has 1 amide bonds. The first kappa shape index (κ1) is 16.3. The predicted octanol–water partition coefficient (Wildman–Crippen LogP) is 2.67. The summed E-state index contributed by atoms with van der Waals surface area (Å²) >= 11 is 1.59. The smallest absolute Gasteiger partial charge is 0.227 e. The van der Waals surface area contributed by atoms with E-state index >= 15 is 0 Å². The minimum Gasteiger partial charge on any atom is -0.493 e. The van der Waals surface area contributed by atoms with E-state index in [2.05, 4.69) is 4.98 Å². The third kappa shape index (κ3) is 3.98. The molecule has 0 saturated heterocycles. The van der Waals surface area contributed by atoms with Crippen molar-refractivity contribution in [1.82, 2.24) is 9.88 Å². The van der Waals surface area contributed by atoms with Gasteiger partial charge < -0.3 is 14.4 Å². The van der Waals surface area contributed by atoms with Crippen molar-refractivity contribution in [1.29, 1.82) is 0 Å². The second-order valence-corrected chi connectivity index (χ2v) is 6.04. The van der Waals surface area contributed by atoms with E-state index in [-0.39, 0.29) is 5.91 Å². The highest BCUT2D eigenvalue weighted by Gasteiger charge is 2.13. The summed E-state index contributed by atoms with van der Waals surface area (Å²) in [6.07, 6.45) is 0.319. The van der Waals surface area contributed by atoms with Crippen molar-refractivity contribution >= 4 is 17.2 Å². The van der Waals surface area contributed by atoms with Crippen LogP contribution in [0.4, 0.5) is 0 Å². The van der Waals surface area contributed by atoms with Gasteiger partial charge in [-0.2, -0.15) is 0 Å². The molecule has 0 aliphatic heterocycles. The fraction of sp³-hybridized carbons (Fsp3) is 0.375. The van der Waals surface area contributed by atoms with E-state index in [9.17, 15) is 4.79 Å². The summed E-state index contributed by atoms with van der Waals surface area (Å²) in [5.74, 6) is 1.33. The normalized spacial score (nSPS) is 10.4. The first-order valence-electron chi connectivity index (χ1n) is 6.89. The number of ether oxygens (including phenoxy) is 2. The molecule has 0 saturated carbocycles. The molecular formula is C16H20N2O3S. The van der Waals surface area contributed by atoms with E-state index in [0.717, 1.165) is 16.3 Å². The summed E-state index contributed by atoms with van der Waals surface area (Å²) < 4.78 is 10.5. The minimum absolute atomic E-state index is 0.0397. The van der Waals surface area contributed by atoms with Crippen molar-refractivity contribution in [2.75, 3.05) is 21.3 Å². The average molecular weight is 320 g/mol. The second kappa shape index (κ2) is 7.26. The van der Waals surface area contributed by atoms with Crippen molar-refractivity contribution in [2.24, 2.45) is 0 Å². The molecule has 0 atom stereocenters. The monoisotopic (exact) mass is 320 g/mol. The van der Waals surface area contributed by atoms with Crippen LogP contribution in [0.1, 0.15) is 16.3 Å².